The zero-order valence-corrected chi connectivity index (χ0v) is 10.7. The minimum Gasteiger partial charge on any atom is -0.506 e. The molecule has 0 saturated carbocycles. The summed E-state index contributed by atoms with van der Waals surface area (Å²) in [6, 6.07) is 6.72. The Balaban J connectivity index is 2.29. The SMILES string of the molecule is [2H]C([2H])(CC(=O)c1ncc(-c2cccc(F)c2)cc1O)C(=O)O. The fraction of sp³-hybridized carbons (Fsp3) is 0.133. The molecule has 2 N–H and O–H groups in total. The Kier molecular flexibility index (Phi) is 3.51. The molecule has 2 rings (SSSR count). The zero-order valence-electron chi connectivity index (χ0n) is 12.7. The molecule has 0 aliphatic heterocycles. The van der Waals surface area contributed by atoms with Crippen molar-refractivity contribution in [1.29, 1.82) is 0 Å². The normalized spacial score (nSPS) is 12.4. The highest BCUT2D eigenvalue weighted by Gasteiger charge is 2.15. The predicted octanol–water partition coefficient (Wildman–Crippen LogP) is 2.64. The standard InChI is InChI=1S/C15H12FNO4/c16-11-3-1-2-9(6-11)10-7-13(19)15(17-8-10)12(18)4-5-14(20)21/h1-3,6-8,19H,4-5H2,(H,20,21)/i5D2. The number of pyridine rings is 1. The Bertz CT molecular complexity index is 780. The van der Waals surface area contributed by atoms with E-state index in [1.54, 1.807) is 6.07 Å². The van der Waals surface area contributed by atoms with Gasteiger partial charge in [-0.3, -0.25) is 9.59 Å². The number of carboxylic acids is 1. The number of halogens is 1. The van der Waals surface area contributed by atoms with Crippen molar-refractivity contribution < 1.29 is 26.9 Å². The summed E-state index contributed by atoms with van der Waals surface area (Å²) in [5.74, 6) is -3.72. The third-order valence-electron chi connectivity index (χ3n) is 2.69. The Labute approximate surface area is 122 Å². The average Bonchev–Trinajstić information content (AvgIpc) is 2.46. The summed E-state index contributed by atoms with van der Waals surface area (Å²) >= 11 is 0. The van der Waals surface area contributed by atoms with Gasteiger partial charge in [-0.05, 0) is 23.8 Å². The van der Waals surface area contributed by atoms with Gasteiger partial charge in [0.25, 0.3) is 0 Å². The van der Waals surface area contributed by atoms with E-state index in [1.165, 1.54) is 30.5 Å². The van der Waals surface area contributed by atoms with Gasteiger partial charge in [0.05, 0.1) is 6.37 Å². The number of carbonyl (C=O) groups is 2. The quantitative estimate of drug-likeness (QED) is 0.827. The molecule has 2 aromatic rings. The van der Waals surface area contributed by atoms with Gasteiger partial charge in [-0.2, -0.15) is 0 Å². The van der Waals surface area contributed by atoms with Crippen LogP contribution in [0.2, 0.25) is 0 Å². The average molecular weight is 291 g/mol. The van der Waals surface area contributed by atoms with Gasteiger partial charge in [0.2, 0.25) is 0 Å². The van der Waals surface area contributed by atoms with Crippen molar-refractivity contribution in [2.24, 2.45) is 0 Å². The molecule has 5 nitrogen and oxygen atoms in total. The van der Waals surface area contributed by atoms with Crippen LogP contribution >= 0.6 is 0 Å². The van der Waals surface area contributed by atoms with E-state index in [-0.39, 0.29) is 0 Å². The second-order valence-electron chi connectivity index (χ2n) is 4.18. The van der Waals surface area contributed by atoms with Gasteiger partial charge in [-0.1, -0.05) is 12.1 Å². The van der Waals surface area contributed by atoms with Gasteiger partial charge < -0.3 is 10.2 Å². The van der Waals surface area contributed by atoms with Crippen LogP contribution < -0.4 is 0 Å². The monoisotopic (exact) mass is 291 g/mol. The van der Waals surface area contributed by atoms with E-state index in [0.717, 1.165) is 0 Å². The fourth-order valence-electron chi connectivity index (χ4n) is 1.73. The second kappa shape index (κ2) is 6.13. The maximum absolute atomic E-state index is 13.2. The van der Waals surface area contributed by atoms with E-state index >= 15 is 0 Å². The Morgan fingerprint density at radius 2 is 2.05 bits per heavy atom. The highest BCUT2D eigenvalue weighted by molar-refractivity contribution is 5.98. The van der Waals surface area contributed by atoms with E-state index in [4.69, 9.17) is 7.85 Å². The van der Waals surface area contributed by atoms with Gasteiger partial charge >= 0.3 is 5.97 Å². The molecule has 0 atom stereocenters. The van der Waals surface area contributed by atoms with E-state index in [1.807, 2.05) is 0 Å². The van der Waals surface area contributed by atoms with Gasteiger partial charge in [-0.25, -0.2) is 9.37 Å². The van der Waals surface area contributed by atoms with Crippen LogP contribution in [0.3, 0.4) is 0 Å². The first-order valence-corrected chi connectivity index (χ1v) is 5.92. The van der Waals surface area contributed by atoms with Gasteiger partial charge in [-0.15, -0.1) is 0 Å². The lowest BCUT2D eigenvalue weighted by molar-refractivity contribution is -0.136. The van der Waals surface area contributed by atoms with Crippen LogP contribution in [-0.4, -0.2) is 26.9 Å². The van der Waals surface area contributed by atoms with Gasteiger partial charge in [0.1, 0.15) is 17.3 Å². The lowest BCUT2D eigenvalue weighted by atomic mass is 10.1. The third kappa shape index (κ3) is 3.62. The minimum absolute atomic E-state index is 0.361. The number of aromatic nitrogens is 1. The van der Waals surface area contributed by atoms with E-state index in [9.17, 15) is 19.1 Å². The highest BCUT2D eigenvalue weighted by atomic mass is 19.1. The maximum Gasteiger partial charge on any atom is 0.303 e. The van der Waals surface area contributed by atoms with Crippen LogP contribution in [0, 0.1) is 5.82 Å². The number of rotatable bonds is 5. The number of carboxylic acid groups (broad SMARTS) is 1. The molecule has 0 saturated heterocycles. The molecule has 1 aromatic carbocycles. The number of aromatic hydroxyl groups is 1. The van der Waals surface area contributed by atoms with Crippen molar-refractivity contribution in [3.8, 4) is 16.9 Å². The molecule has 0 bridgehead atoms. The Hall–Kier alpha value is -2.76. The van der Waals surface area contributed by atoms with E-state index in [0.29, 0.717) is 11.1 Å². The second-order valence-corrected chi connectivity index (χ2v) is 4.18. The molecular formula is C15H12FNO4. The highest BCUT2D eigenvalue weighted by Crippen LogP contribution is 2.26. The van der Waals surface area contributed by atoms with Crippen LogP contribution in [0.15, 0.2) is 36.5 Å². The number of nitrogens with zero attached hydrogens (tertiary/aromatic N) is 1. The number of hydrogen-bond donors (Lipinski definition) is 2. The first-order chi connectivity index (χ1) is 10.7. The van der Waals surface area contributed by atoms with Crippen LogP contribution in [-0.2, 0) is 4.79 Å². The zero-order chi connectivity index (χ0) is 17.2. The first kappa shape index (κ1) is 12.0. The van der Waals surface area contributed by atoms with Crippen molar-refractivity contribution >= 4 is 11.8 Å². The Morgan fingerprint density at radius 3 is 2.67 bits per heavy atom. The van der Waals surface area contributed by atoms with Crippen molar-refractivity contribution in [3.63, 3.8) is 0 Å². The van der Waals surface area contributed by atoms with Crippen molar-refractivity contribution in [2.75, 3.05) is 0 Å². The van der Waals surface area contributed by atoms with E-state index < -0.39 is 41.8 Å². The first-order valence-electron chi connectivity index (χ1n) is 6.92. The molecule has 0 aliphatic carbocycles. The van der Waals surface area contributed by atoms with E-state index in [2.05, 4.69) is 4.98 Å². The summed E-state index contributed by atoms with van der Waals surface area (Å²) in [5.41, 5.74) is 0.364. The molecule has 1 heterocycles. The molecule has 0 fully saturated rings. The van der Waals surface area contributed by atoms with Crippen molar-refractivity contribution in [1.82, 2.24) is 4.98 Å². The summed E-state index contributed by atoms with van der Waals surface area (Å²) < 4.78 is 27.6. The summed E-state index contributed by atoms with van der Waals surface area (Å²) in [6.07, 6.45) is -2.49. The summed E-state index contributed by atoms with van der Waals surface area (Å²) in [7, 11) is 0. The molecule has 1 aromatic heterocycles. The summed E-state index contributed by atoms with van der Waals surface area (Å²) in [4.78, 5) is 26.3. The summed E-state index contributed by atoms with van der Waals surface area (Å²) in [5, 5.41) is 18.6. The smallest absolute Gasteiger partial charge is 0.303 e. The Morgan fingerprint density at radius 1 is 1.29 bits per heavy atom. The fourth-order valence-corrected chi connectivity index (χ4v) is 1.73. The number of Topliss-reactive ketones (excluding diaryl/α,β-unsaturated/α-hetero) is 1. The number of hydrogen-bond acceptors (Lipinski definition) is 4. The number of ketones is 1. The molecule has 0 unspecified atom stereocenters. The topological polar surface area (TPSA) is 87.5 Å². The largest absolute Gasteiger partial charge is 0.506 e. The van der Waals surface area contributed by atoms with Crippen molar-refractivity contribution in [2.45, 2.75) is 12.8 Å². The van der Waals surface area contributed by atoms with Crippen LogP contribution in [0.25, 0.3) is 11.1 Å². The lowest BCUT2D eigenvalue weighted by Gasteiger charge is -2.06. The van der Waals surface area contributed by atoms with Crippen LogP contribution in [0.1, 0.15) is 26.0 Å². The molecule has 108 valence electrons. The molecule has 0 aliphatic rings. The van der Waals surface area contributed by atoms with Crippen LogP contribution in [0.5, 0.6) is 5.75 Å². The number of carbonyl (C=O) groups excluding carboxylic acids is 1. The maximum atomic E-state index is 13.2. The predicted molar refractivity (Wildman–Crippen MR) is 72.5 cm³/mol. The molecule has 21 heavy (non-hydrogen) atoms. The number of aliphatic carboxylic acids is 1. The van der Waals surface area contributed by atoms with Crippen molar-refractivity contribution in [3.05, 3.63) is 48.0 Å². The third-order valence-corrected chi connectivity index (χ3v) is 2.69. The van der Waals surface area contributed by atoms with Crippen LogP contribution in [0.4, 0.5) is 4.39 Å². The molecule has 0 amide bonds. The molecule has 6 heteroatoms. The molecule has 0 spiro atoms. The number of benzene rings is 1. The summed E-state index contributed by atoms with van der Waals surface area (Å²) in [6.45, 7) is 0. The van der Waals surface area contributed by atoms with Gasteiger partial charge in [0, 0.05) is 20.9 Å². The minimum atomic E-state index is -2.76. The van der Waals surface area contributed by atoms with Gasteiger partial charge in [0.15, 0.2) is 5.78 Å². The lowest BCUT2D eigenvalue weighted by Crippen LogP contribution is -2.06. The molecule has 0 radical (unpaired) electrons. The molecular weight excluding hydrogens is 277 g/mol.